The highest BCUT2D eigenvalue weighted by Gasteiger charge is 2.32. The zero-order valence-corrected chi connectivity index (χ0v) is 10.1. The first-order valence-electron chi connectivity index (χ1n) is 5.36. The molecule has 0 bridgehead atoms. The fourth-order valence-corrected chi connectivity index (χ4v) is 2.04. The van der Waals surface area contributed by atoms with Gasteiger partial charge in [0.2, 0.25) is 0 Å². The third-order valence-electron chi connectivity index (χ3n) is 2.96. The lowest BCUT2D eigenvalue weighted by molar-refractivity contribution is 0.104. The minimum absolute atomic E-state index is 0.0251. The lowest BCUT2D eigenvalue weighted by Gasteiger charge is -2.02. The molecule has 0 saturated heterocycles. The Bertz CT molecular complexity index is 861. The van der Waals surface area contributed by atoms with E-state index in [0.717, 1.165) is 0 Å². The number of nitriles is 4. The van der Waals surface area contributed by atoms with E-state index in [1.165, 1.54) is 12.1 Å². The molecule has 5 heteroatoms. The highest BCUT2D eigenvalue weighted by atomic mass is 16.1. The number of Topliss-reactive ketones (excluding diaryl/α,β-unsaturated/α-hetero) is 1. The van der Waals surface area contributed by atoms with Crippen LogP contribution in [0.3, 0.4) is 0 Å². The summed E-state index contributed by atoms with van der Waals surface area (Å²) in [4.78, 5) is 12.1. The minimum Gasteiger partial charge on any atom is -0.289 e. The summed E-state index contributed by atoms with van der Waals surface area (Å²) in [7, 11) is 0. The highest BCUT2D eigenvalue weighted by Crippen LogP contribution is 2.39. The van der Waals surface area contributed by atoms with Crippen LogP contribution < -0.4 is 0 Å². The second kappa shape index (κ2) is 4.54. The predicted octanol–water partition coefficient (Wildman–Crippen LogP) is 1.98. The van der Waals surface area contributed by atoms with E-state index >= 15 is 0 Å². The van der Waals surface area contributed by atoms with Gasteiger partial charge in [-0.1, -0.05) is 6.58 Å². The summed E-state index contributed by atoms with van der Waals surface area (Å²) in [6, 6.07) is 9.73. The van der Waals surface area contributed by atoms with Gasteiger partial charge in [0.05, 0.1) is 11.1 Å². The average molecular weight is 256 g/mol. The number of fused-ring (bicyclic) bond motifs is 1. The number of carbonyl (C=O) groups is 1. The third kappa shape index (κ3) is 1.57. The molecular formula is C15H4N4O. The number of benzene rings is 1. The molecule has 20 heavy (non-hydrogen) atoms. The number of carbonyl (C=O) groups excluding carboxylic acids is 1. The first-order chi connectivity index (χ1) is 9.58. The van der Waals surface area contributed by atoms with Gasteiger partial charge in [0, 0.05) is 16.7 Å². The molecular weight excluding hydrogens is 252 g/mol. The van der Waals surface area contributed by atoms with Crippen molar-refractivity contribution in [3.05, 3.63) is 52.1 Å². The summed E-state index contributed by atoms with van der Waals surface area (Å²) in [6.45, 7) is 3.58. The van der Waals surface area contributed by atoms with Crippen molar-refractivity contribution in [2.45, 2.75) is 0 Å². The summed E-state index contributed by atoms with van der Waals surface area (Å²) < 4.78 is 0. The maximum absolute atomic E-state index is 12.1. The van der Waals surface area contributed by atoms with Crippen LogP contribution in [0.5, 0.6) is 0 Å². The van der Waals surface area contributed by atoms with Crippen LogP contribution in [0.4, 0.5) is 0 Å². The molecule has 5 nitrogen and oxygen atoms in total. The van der Waals surface area contributed by atoms with E-state index in [4.69, 9.17) is 21.0 Å². The molecule has 0 heterocycles. The second-order valence-electron chi connectivity index (χ2n) is 3.95. The smallest absolute Gasteiger partial charge is 0.193 e. The van der Waals surface area contributed by atoms with Crippen molar-refractivity contribution in [3.63, 3.8) is 0 Å². The van der Waals surface area contributed by atoms with Crippen LogP contribution in [0.25, 0.3) is 5.57 Å². The van der Waals surface area contributed by atoms with Crippen molar-refractivity contribution in [3.8, 4) is 24.3 Å². The number of ketones is 1. The maximum atomic E-state index is 12.1. The van der Waals surface area contributed by atoms with Crippen molar-refractivity contribution >= 4 is 11.4 Å². The third-order valence-corrected chi connectivity index (χ3v) is 2.96. The van der Waals surface area contributed by atoms with E-state index in [0.29, 0.717) is 5.56 Å². The number of nitrogens with zero attached hydrogens (tertiary/aromatic N) is 4. The minimum atomic E-state index is -0.445. The van der Waals surface area contributed by atoms with Gasteiger partial charge in [-0.05, 0) is 17.7 Å². The fourth-order valence-electron chi connectivity index (χ4n) is 2.04. The maximum Gasteiger partial charge on any atom is 0.193 e. The monoisotopic (exact) mass is 256 g/mol. The van der Waals surface area contributed by atoms with Gasteiger partial charge in [-0.25, -0.2) is 0 Å². The average Bonchev–Trinajstić information content (AvgIpc) is 2.72. The molecule has 0 N–H and O–H groups in total. The van der Waals surface area contributed by atoms with Gasteiger partial charge in [0.1, 0.15) is 29.8 Å². The number of allylic oxidation sites excluding steroid dienone is 3. The Morgan fingerprint density at radius 1 is 0.950 bits per heavy atom. The van der Waals surface area contributed by atoms with Crippen molar-refractivity contribution in [1.82, 2.24) is 0 Å². The van der Waals surface area contributed by atoms with Gasteiger partial charge in [-0.2, -0.15) is 21.0 Å². The van der Waals surface area contributed by atoms with E-state index in [9.17, 15) is 4.79 Å². The molecule has 0 spiro atoms. The van der Waals surface area contributed by atoms with Gasteiger partial charge in [-0.3, -0.25) is 4.79 Å². The zero-order valence-electron chi connectivity index (χ0n) is 10.1. The Kier molecular flexibility index (Phi) is 2.90. The van der Waals surface area contributed by atoms with Crippen LogP contribution in [0, 0.1) is 45.3 Å². The summed E-state index contributed by atoms with van der Waals surface area (Å²) in [5.41, 5.74) is 0.562. The van der Waals surface area contributed by atoms with Crippen molar-refractivity contribution < 1.29 is 4.79 Å². The highest BCUT2D eigenvalue weighted by molar-refractivity contribution is 6.27. The normalized spacial score (nSPS) is 11.9. The SMILES string of the molecule is C=C1C(=O)c2cc(C#N)c(C#N)cc2C1=C(C#N)C#N. The molecule has 0 aromatic heterocycles. The molecule has 1 aromatic rings. The lowest BCUT2D eigenvalue weighted by Crippen LogP contribution is -1.95. The van der Waals surface area contributed by atoms with E-state index in [2.05, 4.69) is 6.58 Å². The van der Waals surface area contributed by atoms with Gasteiger partial charge in [0.25, 0.3) is 0 Å². The largest absolute Gasteiger partial charge is 0.289 e. The molecule has 0 amide bonds. The van der Waals surface area contributed by atoms with E-state index in [-0.39, 0.29) is 33.4 Å². The van der Waals surface area contributed by atoms with Gasteiger partial charge >= 0.3 is 0 Å². The summed E-state index contributed by atoms with van der Waals surface area (Å²) >= 11 is 0. The Labute approximate surface area is 114 Å². The molecule has 1 aromatic carbocycles. The lowest BCUT2D eigenvalue weighted by atomic mass is 9.97. The molecule has 2 rings (SSSR count). The molecule has 90 valence electrons. The molecule has 0 radical (unpaired) electrons. The quantitative estimate of drug-likeness (QED) is 0.520. The molecule has 1 aliphatic rings. The zero-order chi connectivity index (χ0) is 14.9. The first-order valence-corrected chi connectivity index (χ1v) is 5.36. The molecule has 0 aliphatic heterocycles. The Morgan fingerprint density at radius 3 is 1.90 bits per heavy atom. The molecule has 0 unspecified atom stereocenters. The van der Waals surface area contributed by atoms with Crippen LogP contribution in [0.1, 0.15) is 27.0 Å². The topological polar surface area (TPSA) is 112 Å². The Hall–Kier alpha value is -3.67. The number of hydrogen-bond donors (Lipinski definition) is 0. The Balaban J connectivity index is 2.93. The van der Waals surface area contributed by atoms with E-state index in [1.807, 2.05) is 12.1 Å². The van der Waals surface area contributed by atoms with Crippen LogP contribution in [0.15, 0.2) is 29.9 Å². The standard InChI is InChI=1S/C15H4N4O/c1-8-14(11(6-18)7-19)12-2-9(4-16)10(5-17)3-13(12)15(8)20/h2-3H,1H2. The second-order valence-corrected chi connectivity index (χ2v) is 3.95. The van der Waals surface area contributed by atoms with Crippen molar-refractivity contribution in [2.75, 3.05) is 0 Å². The van der Waals surface area contributed by atoms with Crippen LogP contribution in [-0.4, -0.2) is 5.78 Å². The van der Waals surface area contributed by atoms with Gasteiger partial charge in [0.15, 0.2) is 5.78 Å². The van der Waals surface area contributed by atoms with Crippen LogP contribution >= 0.6 is 0 Å². The van der Waals surface area contributed by atoms with Crippen LogP contribution in [0.2, 0.25) is 0 Å². The molecule has 0 saturated carbocycles. The number of rotatable bonds is 0. The summed E-state index contributed by atoms with van der Waals surface area (Å²) in [5, 5.41) is 35.8. The fraction of sp³-hybridized carbons (Fsp3) is 0. The molecule has 1 aliphatic carbocycles. The number of hydrogen-bond acceptors (Lipinski definition) is 5. The van der Waals surface area contributed by atoms with E-state index in [1.54, 1.807) is 12.1 Å². The van der Waals surface area contributed by atoms with Crippen molar-refractivity contribution in [2.24, 2.45) is 0 Å². The Morgan fingerprint density at radius 2 is 1.45 bits per heavy atom. The molecule has 0 fully saturated rings. The van der Waals surface area contributed by atoms with Gasteiger partial charge < -0.3 is 0 Å². The molecule has 0 atom stereocenters. The van der Waals surface area contributed by atoms with Crippen molar-refractivity contribution in [1.29, 1.82) is 21.0 Å². The summed E-state index contributed by atoms with van der Waals surface area (Å²) in [6.07, 6.45) is 0. The predicted molar refractivity (Wildman–Crippen MR) is 67.5 cm³/mol. The van der Waals surface area contributed by atoms with Crippen LogP contribution in [-0.2, 0) is 0 Å². The first kappa shape index (κ1) is 12.8. The summed E-state index contributed by atoms with van der Waals surface area (Å²) in [5.74, 6) is -0.445. The van der Waals surface area contributed by atoms with E-state index < -0.39 is 5.78 Å². The van der Waals surface area contributed by atoms with Gasteiger partial charge in [-0.15, -0.1) is 0 Å².